The van der Waals surface area contributed by atoms with Crippen molar-refractivity contribution in [3.8, 4) is 33.6 Å². The minimum atomic E-state index is -0.339. The number of hydrogen-bond acceptors (Lipinski definition) is 2. The predicted octanol–water partition coefficient (Wildman–Crippen LogP) is 10.4. The van der Waals surface area contributed by atoms with E-state index < -0.39 is 0 Å². The summed E-state index contributed by atoms with van der Waals surface area (Å²) in [6.07, 6.45) is 5.23. The zero-order valence-electron chi connectivity index (χ0n) is 25.0. The van der Waals surface area contributed by atoms with Crippen LogP contribution in [0, 0.1) is 10.1 Å². The van der Waals surface area contributed by atoms with E-state index in [0.717, 1.165) is 28.6 Å². The van der Waals surface area contributed by atoms with E-state index >= 15 is 0 Å². The standard InChI is InChI=1S/C21H15N.C20H14N2O2/c1-2-7-18(8-3-1)22-11-10-16-13-20-17(14-21(16)22)12-15-6-4-5-9-19(15)20;23-22(24)20-9-5-4-8-18(20)15-10-11-19-16(14-15)12-13-21(19)17-6-2-1-3-7-17/h1-11,13-14H,12H2;1-14H. The molecule has 6 aromatic carbocycles. The number of fused-ring (bicyclic) bond motifs is 5. The Morgan fingerprint density at radius 1 is 0.500 bits per heavy atom. The lowest BCUT2D eigenvalue weighted by Crippen LogP contribution is -1.92. The first-order valence-electron chi connectivity index (χ1n) is 15.3. The highest BCUT2D eigenvalue weighted by molar-refractivity contribution is 5.92. The fourth-order valence-corrected chi connectivity index (χ4v) is 6.58. The van der Waals surface area contributed by atoms with Crippen molar-refractivity contribution in [1.82, 2.24) is 9.13 Å². The van der Waals surface area contributed by atoms with Gasteiger partial charge < -0.3 is 9.13 Å². The number of nitrogens with zero attached hydrogens (tertiary/aromatic N) is 3. The van der Waals surface area contributed by atoms with Gasteiger partial charge in [-0.05, 0) is 101 Å². The fraction of sp³-hybridized carbons (Fsp3) is 0.0244. The van der Waals surface area contributed by atoms with Crippen molar-refractivity contribution in [3.63, 3.8) is 0 Å². The number of hydrogen-bond donors (Lipinski definition) is 0. The summed E-state index contributed by atoms with van der Waals surface area (Å²) in [5.41, 5.74) is 11.9. The summed E-state index contributed by atoms with van der Waals surface area (Å²) in [6, 6.07) is 51.1. The van der Waals surface area contributed by atoms with Gasteiger partial charge in [0.2, 0.25) is 0 Å². The molecule has 46 heavy (non-hydrogen) atoms. The number of aromatic nitrogens is 2. The van der Waals surface area contributed by atoms with Gasteiger partial charge >= 0.3 is 0 Å². The first kappa shape index (κ1) is 27.4. The minimum Gasteiger partial charge on any atom is -0.317 e. The minimum absolute atomic E-state index is 0.124. The van der Waals surface area contributed by atoms with E-state index in [2.05, 4.69) is 100 Å². The van der Waals surface area contributed by atoms with Crippen molar-refractivity contribution in [2.75, 3.05) is 0 Å². The average Bonchev–Trinajstić information content (AvgIpc) is 3.83. The molecule has 0 N–H and O–H groups in total. The average molecular weight is 596 g/mol. The third kappa shape index (κ3) is 4.84. The summed E-state index contributed by atoms with van der Waals surface area (Å²) in [7, 11) is 0. The molecular weight excluding hydrogens is 566 g/mol. The van der Waals surface area contributed by atoms with Crippen molar-refractivity contribution < 1.29 is 4.92 Å². The van der Waals surface area contributed by atoms with Gasteiger partial charge in [0.1, 0.15) is 0 Å². The van der Waals surface area contributed by atoms with E-state index in [1.807, 2.05) is 54.7 Å². The van der Waals surface area contributed by atoms with Crippen LogP contribution in [-0.2, 0) is 6.42 Å². The number of nitro groups is 1. The Morgan fingerprint density at radius 3 is 1.78 bits per heavy atom. The van der Waals surface area contributed by atoms with E-state index in [4.69, 9.17) is 0 Å². The van der Waals surface area contributed by atoms with Crippen molar-refractivity contribution >= 4 is 27.5 Å². The lowest BCUT2D eigenvalue weighted by atomic mass is 10.0. The Hall–Kier alpha value is -6.20. The van der Waals surface area contributed by atoms with Crippen molar-refractivity contribution in [2.24, 2.45) is 0 Å². The molecule has 5 heteroatoms. The maximum Gasteiger partial charge on any atom is 0.277 e. The first-order chi connectivity index (χ1) is 22.6. The van der Waals surface area contributed by atoms with Crippen LogP contribution in [0.5, 0.6) is 0 Å². The van der Waals surface area contributed by atoms with Gasteiger partial charge in [-0.25, -0.2) is 0 Å². The number of benzene rings is 6. The van der Waals surface area contributed by atoms with Crippen LogP contribution in [0.2, 0.25) is 0 Å². The van der Waals surface area contributed by atoms with Crippen LogP contribution < -0.4 is 0 Å². The van der Waals surface area contributed by atoms with Crippen molar-refractivity contribution in [3.05, 3.63) is 185 Å². The molecule has 1 aliphatic rings. The molecule has 220 valence electrons. The molecule has 0 atom stereocenters. The number of para-hydroxylation sites is 3. The first-order valence-corrected chi connectivity index (χ1v) is 15.3. The highest BCUT2D eigenvalue weighted by Crippen LogP contribution is 2.39. The van der Waals surface area contributed by atoms with Gasteiger partial charge in [-0.3, -0.25) is 10.1 Å². The Bertz CT molecular complexity index is 2370. The molecule has 2 heterocycles. The third-order valence-electron chi connectivity index (χ3n) is 8.77. The highest BCUT2D eigenvalue weighted by atomic mass is 16.6. The maximum atomic E-state index is 11.2. The molecule has 0 unspecified atom stereocenters. The number of rotatable bonds is 4. The van der Waals surface area contributed by atoms with Crippen LogP contribution in [0.1, 0.15) is 11.1 Å². The van der Waals surface area contributed by atoms with Crippen LogP contribution in [0.3, 0.4) is 0 Å². The van der Waals surface area contributed by atoms with Crippen molar-refractivity contribution in [2.45, 2.75) is 6.42 Å². The molecule has 0 radical (unpaired) electrons. The quantitative estimate of drug-likeness (QED) is 0.150. The normalized spacial score (nSPS) is 11.6. The van der Waals surface area contributed by atoms with E-state index in [9.17, 15) is 10.1 Å². The molecule has 0 spiro atoms. The zero-order chi connectivity index (χ0) is 31.0. The van der Waals surface area contributed by atoms with Gasteiger partial charge in [-0.15, -0.1) is 0 Å². The SMILES string of the molecule is O=[N+]([O-])c1ccccc1-c1ccc2c(ccn2-c2ccccc2)c1.c1ccc(-n2ccc3cc4c(cc32)Cc2ccccc2-4)cc1. The monoisotopic (exact) mass is 595 g/mol. The van der Waals surface area contributed by atoms with Gasteiger partial charge in [0.25, 0.3) is 5.69 Å². The Kier molecular flexibility index (Phi) is 6.77. The van der Waals surface area contributed by atoms with E-state index in [0.29, 0.717) is 5.56 Å². The van der Waals surface area contributed by atoms with Crippen LogP contribution >= 0.6 is 0 Å². The Morgan fingerprint density at radius 2 is 1.09 bits per heavy atom. The maximum absolute atomic E-state index is 11.2. The zero-order valence-corrected chi connectivity index (χ0v) is 25.0. The van der Waals surface area contributed by atoms with Gasteiger partial charge in [-0.2, -0.15) is 0 Å². The molecule has 0 amide bonds. The van der Waals surface area contributed by atoms with Crippen molar-refractivity contribution in [1.29, 1.82) is 0 Å². The molecule has 1 aliphatic carbocycles. The molecule has 0 saturated heterocycles. The van der Waals surface area contributed by atoms with Gasteiger partial charge in [-0.1, -0.05) is 78.9 Å². The lowest BCUT2D eigenvalue weighted by molar-refractivity contribution is -0.384. The Labute approximate surface area is 266 Å². The Balaban J connectivity index is 0.000000136. The molecule has 5 nitrogen and oxygen atoms in total. The molecular formula is C41H29N3O2. The van der Waals surface area contributed by atoms with Crippen LogP contribution in [0.4, 0.5) is 5.69 Å². The van der Waals surface area contributed by atoms with Crippen LogP contribution in [0.15, 0.2) is 164 Å². The highest BCUT2D eigenvalue weighted by Gasteiger charge is 2.19. The molecule has 0 aliphatic heterocycles. The number of nitro benzene ring substituents is 1. The molecule has 0 saturated carbocycles. The second-order valence-corrected chi connectivity index (χ2v) is 11.5. The summed E-state index contributed by atoms with van der Waals surface area (Å²) in [6.45, 7) is 0. The molecule has 0 fully saturated rings. The molecule has 8 aromatic rings. The van der Waals surface area contributed by atoms with Crippen LogP contribution in [-0.4, -0.2) is 14.1 Å². The molecule has 2 aromatic heterocycles. The van der Waals surface area contributed by atoms with E-state index in [1.54, 1.807) is 12.1 Å². The summed E-state index contributed by atoms with van der Waals surface area (Å²) >= 11 is 0. The van der Waals surface area contributed by atoms with E-state index in [1.165, 1.54) is 44.9 Å². The second kappa shape index (κ2) is 11.4. The van der Waals surface area contributed by atoms with Gasteiger partial charge in [0, 0.05) is 40.6 Å². The summed E-state index contributed by atoms with van der Waals surface area (Å²) in [5, 5.41) is 13.6. The molecule has 0 bridgehead atoms. The third-order valence-corrected chi connectivity index (χ3v) is 8.77. The summed E-state index contributed by atoms with van der Waals surface area (Å²) in [4.78, 5) is 10.9. The summed E-state index contributed by atoms with van der Waals surface area (Å²) in [5.74, 6) is 0. The predicted molar refractivity (Wildman–Crippen MR) is 187 cm³/mol. The topological polar surface area (TPSA) is 53.0 Å². The van der Waals surface area contributed by atoms with E-state index in [-0.39, 0.29) is 10.6 Å². The van der Waals surface area contributed by atoms with Crippen LogP contribution in [0.25, 0.3) is 55.4 Å². The largest absolute Gasteiger partial charge is 0.317 e. The van der Waals surface area contributed by atoms with Gasteiger partial charge in [0.05, 0.1) is 21.5 Å². The summed E-state index contributed by atoms with van der Waals surface area (Å²) < 4.78 is 4.39. The lowest BCUT2D eigenvalue weighted by Gasteiger charge is -2.07. The fourth-order valence-electron chi connectivity index (χ4n) is 6.58. The van der Waals surface area contributed by atoms with Gasteiger partial charge in [0.15, 0.2) is 0 Å². The molecule has 9 rings (SSSR count). The smallest absolute Gasteiger partial charge is 0.277 e. The second-order valence-electron chi connectivity index (χ2n) is 11.5.